The maximum Gasteiger partial charge on any atom is 0.223 e. The predicted octanol–water partition coefficient (Wildman–Crippen LogP) is 3.15. The Labute approximate surface area is 197 Å². The van der Waals surface area contributed by atoms with Gasteiger partial charge in [-0.05, 0) is 54.9 Å². The largest absolute Gasteiger partial charge is 0.393 e. The molecule has 0 spiro atoms. The molecule has 2 saturated heterocycles. The van der Waals surface area contributed by atoms with Crippen molar-refractivity contribution in [1.82, 2.24) is 4.90 Å². The van der Waals surface area contributed by atoms with Gasteiger partial charge in [-0.3, -0.25) is 4.79 Å². The maximum atomic E-state index is 13.1. The van der Waals surface area contributed by atoms with Gasteiger partial charge in [0.25, 0.3) is 0 Å². The molecule has 5 rings (SSSR count). The first kappa shape index (κ1) is 23.3. The van der Waals surface area contributed by atoms with E-state index in [1.165, 1.54) is 5.56 Å². The number of benzene rings is 1. The zero-order chi connectivity index (χ0) is 23.2. The molecule has 1 aromatic rings. The number of likely N-dealkylation sites (tertiary alicyclic amines) is 1. The molecule has 0 aromatic heterocycles. The first-order valence-corrected chi connectivity index (χ1v) is 12.7. The SMILES string of the molecule is C[C@@]12CO[C@@H](Cc3ccccc3)O[C@@H]1CC[C@]1(C)[C@H]2CC[C@@H](O)[C@H]1CC(=O)N1CC[C@@H](O)C1. The van der Waals surface area contributed by atoms with Crippen molar-refractivity contribution in [3.63, 3.8) is 0 Å². The van der Waals surface area contributed by atoms with Crippen LogP contribution in [0.15, 0.2) is 30.3 Å². The highest BCUT2D eigenvalue weighted by molar-refractivity contribution is 5.77. The highest BCUT2D eigenvalue weighted by Gasteiger charge is 2.61. The summed E-state index contributed by atoms with van der Waals surface area (Å²) >= 11 is 0. The molecule has 0 radical (unpaired) electrons. The molecule has 4 fully saturated rings. The lowest BCUT2D eigenvalue weighted by Crippen LogP contribution is -2.63. The van der Waals surface area contributed by atoms with Crippen LogP contribution in [0, 0.1) is 22.7 Å². The summed E-state index contributed by atoms with van der Waals surface area (Å²) in [6.45, 7) is 6.28. The van der Waals surface area contributed by atoms with Crippen molar-refractivity contribution in [2.45, 2.75) is 83.4 Å². The summed E-state index contributed by atoms with van der Waals surface area (Å²) in [5.41, 5.74) is 0.972. The fourth-order valence-corrected chi connectivity index (χ4v) is 7.49. The lowest BCUT2D eigenvalue weighted by molar-refractivity contribution is -0.308. The smallest absolute Gasteiger partial charge is 0.223 e. The van der Waals surface area contributed by atoms with Gasteiger partial charge in [-0.2, -0.15) is 0 Å². The maximum absolute atomic E-state index is 13.1. The summed E-state index contributed by atoms with van der Waals surface area (Å²) in [6.07, 6.45) is 4.35. The number of fused-ring (bicyclic) bond motifs is 3. The van der Waals surface area contributed by atoms with Crippen LogP contribution in [0.2, 0.25) is 0 Å². The summed E-state index contributed by atoms with van der Waals surface area (Å²) in [5.74, 6) is 0.344. The fraction of sp³-hybridized carbons (Fsp3) is 0.741. The monoisotopic (exact) mass is 457 g/mol. The van der Waals surface area contributed by atoms with Crippen LogP contribution in [0.5, 0.6) is 0 Å². The second-order valence-corrected chi connectivity index (χ2v) is 11.4. The summed E-state index contributed by atoms with van der Waals surface area (Å²) in [4.78, 5) is 14.8. The Balaban J connectivity index is 1.30. The Morgan fingerprint density at radius 1 is 1.09 bits per heavy atom. The van der Waals surface area contributed by atoms with Gasteiger partial charge in [0.05, 0.1) is 24.9 Å². The Hall–Kier alpha value is -1.47. The van der Waals surface area contributed by atoms with E-state index in [9.17, 15) is 15.0 Å². The van der Waals surface area contributed by atoms with E-state index in [1.54, 1.807) is 4.90 Å². The molecule has 4 aliphatic rings. The quantitative estimate of drug-likeness (QED) is 0.726. The number of hydrogen-bond donors (Lipinski definition) is 2. The molecular weight excluding hydrogens is 418 g/mol. The summed E-state index contributed by atoms with van der Waals surface area (Å²) in [6, 6.07) is 10.3. The van der Waals surface area contributed by atoms with Crippen molar-refractivity contribution in [2.24, 2.45) is 22.7 Å². The van der Waals surface area contributed by atoms with Crippen LogP contribution < -0.4 is 0 Å². The third kappa shape index (κ3) is 4.24. The second-order valence-electron chi connectivity index (χ2n) is 11.4. The molecule has 8 atom stereocenters. The molecule has 2 N–H and O–H groups in total. The van der Waals surface area contributed by atoms with Gasteiger partial charge in [0.15, 0.2) is 6.29 Å². The van der Waals surface area contributed by atoms with Crippen LogP contribution in [0.25, 0.3) is 0 Å². The topological polar surface area (TPSA) is 79.2 Å². The van der Waals surface area contributed by atoms with Gasteiger partial charge < -0.3 is 24.6 Å². The van der Waals surface area contributed by atoms with Crippen LogP contribution in [0.4, 0.5) is 0 Å². The van der Waals surface area contributed by atoms with E-state index >= 15 is 0 Å². The molecule has 182 valence electrons. The highest BCUT2D eigenvalue weighted by Crippen LogP contribution is 2.62. The predicted molar refractivity (Wildman–Crippen MR) is 124 cm³/mol. The van der Waals surface area contributed by atoms with Crippen LogP contribution in [-0.4, -0.2) is 65.3 Å². The minimum atomic E-state index is -0.459. The lowest BCUT2D eigenvalue weighted by Gasteiger charge is -2.63. The van der Waals surface area contributed by atoms with Crippen molar-refractivity contribution in [2.75, 3.05) is 19.7 Å². The van der Waals surface area contributed by atoms with Gasteiger partial charge in [0.1, 0.15) is 0 Å². The lowest BCUT2D eigenvalue weighted by atomic mass is 9.46. The molecule has 33 heavy (non-hydrogen) atoms. The van der Waals surface area contributed by atoms with Crippen molar-refractivity contribution < 1.29 is 24.5 Å². The summed E-state index contributed by atoms with van der Waals surface area (Å²) < 4.78 is 12.8. The van der Waals surface area contributed by atoms with Gasteiger partial charge >= 0.3 is 0 Å². The van der Waals surface area contributed by atoms with Gasteiger partial charge in [0, 0.05) is 31.3 Å². The fourth-order valence-electron chi connectivity index (χ4n) is 7.49. The van der Waals surface area contributed by atoms with E-state index in [1.807, 2.05) is 18.2 Å². The number of carbonyl (C=O) groups is 1. The average Bonchev–Trinajstić information content (AvgIpc) is 3.23. The van der Waals surface area contributed by atoms with E-state index in [0.717, 1.165) is 32.1 Å². The minimum absolute atomic E-state index is 0.0682. The van der Waals surface area contributed by atoms with Gasteiger partial charge in [0.2, 0.25) is 5.91 Å². The van der Waals surface area contributed by atoms with Crippen LogP contribution in [0.3, 0.4) is 0 Å². The molecule has 6 nitrogen and oxygen atoms in total. The van der Waals surface area contributed by atoms with E-state index in [0.29, 0.717) is 38.5 Å². The molecule has 6 heteroatoms. The normalized spacial score (nSPS) is 43.1. The molecule has 1 aromatic carbocycles. The molecule has 2 aliphatic carbocycles. The molecule has 2 aliphatic heterocycles. The second kappa shape index (κ2) is 8.95. The third-order valence-corrected chi connectivity index (χ3v) is 9.39. The number of β-amino-alcohol motifs (C(OH)–C–C–N with tert-alkyl or cyclic N) is 1. The number of aliphatic hydroxyl groups excluding tert-OH is 2. The van der Waals surface area contributed by atoms with E-state index in [4.69, 9.17) is 9.47 Å². The molecule has 0 bridgehead atoms. The number of amides is 1. The summed E-state index contributed by atoms with van der Waals surface area (Å²) in [5, 5.41) is 20.9. The van der Waals surface area contributed by atoms with Crippen LogP contribution in [-0.2, 0) is 20.7 Å². The Morgan fingerprint density at radius 3 is 2.61 bits per heavy atom. The van der Waals surface area contributed by atoms with E-state index in [-0.39, 0.29) is 35.0 Å². The number of hydrogen-bond acceptors (Lipinski definition) is 5. The third-order valence-electron chi connectivity index (χ3n) is 9.39. The number of carbonyl (C=O) groups excluding carboxylic acids is 1. The Bertz CT molecular complexity index is 848. The number of ether oxygens (including phenoxy) is 2. The van der Waals surface area contributed by atoms with Crippen LogP contribution in [0.1, 0.15) is 57.9 Å². The van der Waals surface area contributed by atoms with Crippen molar-refractivity contribution in [3.8, 4) is 0 Å². The Morgan fingerprint density at radius 2 is 1.88 bits per heavy atom. The standard InChI is InChI=1S/C27H39NO5/c1-26-12-10-23-27(2,17-32-25(33-23)14-18-6-4-3-5-7-18)22(26)9-8-21(30)20(26)15-24(31)28-13-11-19(29)16-28/h3-7,19-23,25,29-30H,8-17H2,1-2H3/t19-,20-,21-,22-,23-,25-,26+,27+/m1/s1. The molecule has 2 saturated carbocycles. The van der Waals surface area contributed by atoms with E-state index in [2.05, 4.69) is 26.0 Å². The van der Waals surface area contributed by atoms with Crippen molar-refractivity contribution in [1.29, 1.82) is 0 Å². The average molecular weight is 458 g/mol. The van der Waals surface area contributed by atoms with Gasteiger partial charge in [-0.1, -0.05) is 44.2 Å². The Kier molecular flexibility index (Phi) is 6.32. The van der Waals surface area contributed by atoms with Gasteiger partial charge in [-0.25, -0.2) is 0 Å². The minimum Gasteiger partial charge on any atom is -0.393 e. The highest BCUT2D eigenvalue weighted by atomic mass is 16.7. The number of aliphatic hydroxyl groups is 2. The first-order valence-electron chi connectivity index (χ1n) is 12.7. The first-order chi connectivity index (χ1) is 15.8. The number of nitrogens with zero attached hydrogens (tertiary/aromatic N) is 1. The molecule has 0 unspecified atom stereocenters. The van der Waals surface area contributed by atoms with Crippen molar-refractivity contribution >= 4 is 5.91 Å². The van der Waals surface area contributed by atoms with Crippen LogP contribution >= 0.6 is 0 Å². The van der Waals surface area contributed by atoms with Crippen molar-refractivity contribution in [3.05, 3.63) is 35.9 Å². The molecular formula is C27H39NO5. The zero-order valence-corrected chi connectivity index (χ0v) is 20.0. The molecule has 1 amide bonds. The zero-order valence-electron chi connectivity index (χ0n) is 20.0. The molecule has 2 heterocycles. The van der Waals surface area contributed by atoms with Gasteiger partial charge in [-0.15, -0.1) is 0 Å². The van der Waals surface area contributed by atoms with E-state index < -0.39 is 12.2 Å². The number of rotatable bonds is 4. The summed E-state index contributed by atoms with van der Waals surface area (Å²) in [7, 11) is 0.